The third kappa shape index (κ3) is 3.72. The first-order chi connectivity index (χ1) is 12.7. The van der Waals surface area contributed by atoms with E-state index in [-0.39, 0.29) is 12.2 Å². The van der Waals surface area contributed by atoms with E-state index in [1.54, 1.807) is 9.91 Å². The molecule has 0 aromatic heterocycles. The molecular formula is C19H24ClN5O. The van der Waals surface area contributed by atoms with Gasteiger partial charge in [-0.2, -0.15) is 0 Å². The van der Waals surface area contributed by atoms with Gasteiger partial charge in [-0.15, -0.1) is 0 Å². The molecule has 4 rings (SSSR count). The van der Waals surface area contributed by atoms with E-state index < -0.39 is 0 Å². The smallest absolute Gasteiger partial charge is 0.340 e. The van der Waals surface area contributed by atoms with Gasteiger partial charge in [0.05, 0.1) is 0 Å². The summed E-state index contributed by atoms with van der Waals surface area (Å²) >= 11 is 6.09. The van der Waals surface area contributed by atoms with Crippen LogP contribution < -0.4 is 10.3 Å². The van der Waals surface area contributed by atoms with Crippen LogP contribution in [0.3, 0.4) is 0 Å². The fraction of sp³-hybridized carbons (Fsp3) is 0.421. The van der Waals surface area contributed by atoms with E-state index in [2.05, 4.69) is 21.3 Å². The van der Waals surface area contributed by atoms with Gasteiger partial charge < -0.3 is 4.90 Å². The van der Waals surface area contributed by atoms with Crippen molar-refractivity contribution < 1.29 is 4.79 Å². The minimum atomic E-state index is -0.0336. The van der Waals surface area contributed by atoms with Crippen molar-refractivity contribution in [3.05, 3.63) is 53.7 Å². The molecule has 3 heterocycles. The predicted molar refractivity (Wildman–Crippen MR) is 104 cm³/mol. The number of anilines is 1. The first-order valence-electron chi connectivity index (χ1n) is 9.14. The van der Waals surface area contributed by atoms with Crippen molar-refractivity contribution in [2.75, 3.05) is 44.2 Å². The Kier molecular flexibility index (Phi) is 5.15. The molecule has 0 spiro atoms. The van der Waals surface area contributed by atoms with Crippen LogP contribution in [0, 0.1) is 0 Å². The minimum Gasteiger partial charge on any atom is -0.369 e. The van der Waals surface area contributed by atoms with Gasteiger partial charge in [-0.05, 0) is 36.8 Å². The highest BCUT2D eigenvalue weighted by atomic mass is 35.5. The zero-order chi connectivity index (χ0) is 17.9. The number of piperazine rings is 1. The number of carbonyl (C=O) groups is 1. The molecule has 6 nitrogen and oxygen atoms in total. The van der Waals surface area contributed by atoms with Crippen LogP contribution in [0.1, 0.15) is 6.42 Å². The fourth-order valence-electron chi connectivity index (χ4n) is 3.65. The molecule has 2 saturated heterocycles. The van der Waals surface area contributed by atoms with Crippen LogP contribution in [0.25, 0.3) is 0 Å². The van der Waals surface area contributed by atoms with Gasteiger partial charge in [-0.3, -0.25) is 14.8 Å². The highest BCUT2D eigenvalue weighted by molar-refractivity contribution is 6.30. The summed E-state index contributed by atoms with van der Waals surface area (Å²) in [6, 6.07) is 8.08. The van der Waals surface area contributed by atoms with E-state index in [0.29, 0.717) is 0 Å². The summed E-state index contributed by atoms with van der Waals surface area (Å²) in [5.41, 5.74) is 4.44. The number of benzene rings is 1. The van der Waals surface area contributed by atoms with Crippen molar-refractivity contribution in [3.63, 3.8) is 0 Å². The summed E-state index contributed by atoms with van der Waals surface area (Å²) in [6.45, 7) is 5.81. The standard InChI is InChI=1S/C19H24ClN5O/c20-16-5-3-6-17(15-16)23-13-11-22(12-14-23)8-4-10-25-19(26)24-9-2-1-7-18(24)21-25/h1-3,5-7,9,15,18,21H,4,8,10-14H2. The first-order valence-corrected chi connectivity index (χ1v) is 9.52. The average Bonchev–Trinajstić information content (AvgIpc) is 2.99. The lowest BCUT2D eigenvalue weighted by Gasteiger charge is -2.36. The van der Waals surface area contributed by atoms with E-state index in [9.17, 15) is 4.79 Å². The quantitative estimate of drug-likeness (QED) is 0.861. The number of nitrogens with zero attached hydrogens (tertiary/aromatic N) is 4. The van der Waals surface area contributed by atoms with E-state index in [1.165, 1.54) is 5.69 Å². The highest BCUT2D eigenvalue weighted by Crippen LogP contribution is 2.21. The minimum absolute atomic E-state index is 0.0291. The summed E-state index contributed by atoms with van der Waals surface area (Å²) < 4.78 is 0. The van der Waals surface area contributed by atoms with Gasteiger partial charge in [-0.1, -0.05) is 23.7 Å². The average molecular weight is 374 g/mol. The van der Waals surface area contributed by atoms with Gasteiger partial charge >= 0.3 is 6.03 Å². The van der Waals surface area contributed by atoms with E-state index in [0.717, 1.165) is 50.7 Å². The highest BCUT2D eigenvalue weighted by Gasteiger charge is 2.34. The Morgan fingerprint density at radius 3 is 2.73 bits per heavy atom. The van der Waals surface area contributed by atoms with Gasteiger partial charge in [0.25, 0.3) is 0 Å². The number of nitrogens with one attached hydrogen (secondary N) is 1. The van der Waals surface area contributed by atoms with Crippen LogP contribution in [0.5, 0.6) is 0 Å². The van der Waals surface area contributed by atoms with Gasteiger partial charge in [-0.25, -0.2) is 10.2 Å². The molecule has 2 amide bonds. The second-order valence-electron chi connectivity index (χ2n) is 6.80. The summed E-state index contributed by atoms with van der Waals surface area (Å²) in [5.74, 6) is 0. The van der Waals surface area contributed by atoms with Crippen molar-refractivity contribution >= 4 is 23.3 Å². The number of fused-ring (bicyclic) bond motifs is 1. The Balaban J connectivity index is 1.20. The lowest BCUT2D eigenvalue weighted by Crippen LogP contribution is -2.47. The van der Waals surface area contributed by atoms with E-state index in [4.69, 9.17) is 11.6 Å². The number of hydrogen-bond donors (Lipinski definition) is 1. The molecule has 3 aliphatic rings. The third-order valence-electron chi connectivity index (χ3n) is 5.09. The number of amides is 2. The Labute approximate surface area is 159 Å². The number of hydrazine groups is 1. The molecule has 3 aliphatic heterocycles. The predicted octanol–water partition coefficient (Wildman–Crippen LogP) is 2.50. The van der Waals surface area contributed by atoms with E-state index >= 15 is 0 Å². The number of allylic oxidation sites excluding steroid dienone is 2. The Morgan fingerprint density at radius 2 is 1.96 bits per heavy atom. The van der Waals surface area contributed by atoms with Crippen molar-refractivity contribution in [3.8, 4) is 0 Å². The van der Waals surface area contributed by atoms with Crippen molar-refractivity contribution in [1.82, 2.24) is 20.2 Å². The molecule has 1 aromatic rings. The molecule has 0 radical (unpaired) electrons. The molecule has 1 aromatic carbocycles. The van der Waals surface area contributed by atoms with Crippen LogP contribution in [-0.4, -0.2) is 66.3 Å². The molecule has 0 saturated carbocycles. The number of hydrogen-bond acceptors (Lipinski definition) is 4. The van der Waals surface area contributed by atoms with Gasteiger partial charge in [0.2, 0.25) is 0 Å². The molecule has 0 aliphatic carbocycles. The summed E-state index contributed by atoms with van der Waals surface area (Å²) in [7, 11) is 0. The summed E-state index contributed by atoms with van der Waals surface area (Å²) in [4.78, 5) is 18.9. The molecule has 1 N–H and O–H groups in total. The monoisotopic (exact) mass is 373 g/mol. The van der Waals surface area contributed by atoms with Gasteiger partial charge in [0.1, 0.15) is 6.17 Å². The van der Waals surface area contributed by atoms with Crippen molar-refractivity contribution in [1.29, 1.82) is 0 Å². The maximum atomic E-state index is 12.3. The number of carbonyl (C=O) groups excluding carboxylic acids is 1. The normalized spacial score (nSPS) is 23.0. The molecule has 1 unspecified atom stereocenters. The van der Waals surface area contributed by atoms with Crippen LogP contribution in [0.15, 0.2) is 48.7 Å². The maximum absolute atomic E-state index is 12.3. The molecule has 138 valence electrons. The van der Waals surface area contributed by atoms with Crippen LogP contribution in [-0.2, 0) is 0 Å². The Hall–Kier alpha value is -2.02. The van der Waals surface area contributed by atoms with Crippen LogP contribution in [0.2, 0.25) is 5.02 Å². The largest absolute Gasteiger partial charge is 0.369 e. The van der Waals surface area contributed by atoms with Gasteiger partial charge in [0, 0.05) is 56.2 Å². The molecule has 7 heteroatoms. The topological polar surface area (TPSA) is 42.1 Å². The van der Waals surface area contributed by atoms with Crippen LogP contribution in [0.4, 0.5) is 10.5 Å². The number of rotatable bonds is 5. The fourth-order valence-corrected chi connectivity index (χ4v) is 3.84. The summed E-state index contributed by atoms with van der Waals surface area (Å²) in [6.07, 6.45) is 8.60. The number of urea groups is 1. The molecule has 26 heavy (non-hydrogen) atoms. The zero-order valence-corrected chi connectivity index (χ0v) is 15.5. The maximum Gasteiger partial charge on any atom is 0.340 e. The Bertz CT molecular complexity index is 714. The molecule has 0 bridgehead atoms. The second kappa shape index (κ2) is 7.70. The van der Waals surface area contributed by atoms with Gasteiger partial charge in [0.15, 0.2) is 0 Å². The van der Waals surface area contributed by atoms with Crippen LogP contribution >= 0.6 is 11.6 Å². The molecule has 2 fully saturated rings. The molecule has 1 atom stereocenters. The Morgan fingerprint density at radius 1 is 1.12 bits per heavy atom. The summed E-state index contributed by atoms with van der Waals surface area (Å²) in [5, 5.41) is 2.51. The zero-order valence-electron chi connectivity index (χ0n) is 14.7. The second-order valence-corrected chi connectivity index (χ2v) is 7.24. The van der Waals surface area contributed by atoms with Crippen molar-refractivity contribution in [2.45, 2.75) is 12.6 Å². The van der Waals surface area contributed by atoms with Crippen molar-refractivity contribution in [2.24, 2.45) is 0 Å². The van der Waals surface area contributed by atoms with E-state index in [1.807, 2.05) is 42.6 Å². The lowest BCUT2D eigenvalue weighted by atomic mass is 10.2. The SMILES string of the molecule is O=C1N(CCCN2CCN(c3cccc(Cl)c3)CC2)NC2C=CC=CN12. The first kappa shape index (κ1) is 17.4. The lowest BCUT2D eigenvalue weighted by molar-refractivity contribution is 0.183. The number of halogens is 1. The third-order valence-corrected chi connectivity index (χ3v) is 5.33. The molecular weight excluding hydrogens is 350 g/mol.